The van der Waals surface area contributed by atoms with Crippen molar-refractivity contribution in [2.75, 3.05) is 13.6 Å². The molecule has 1 saturated heterocycles. The van der Waals surface area contributed by atoms with Gasteiger partial charge in [0.25, 0.3) is 0 Å². The number of aromatic nitrogens is 3. The van der Waals surface area contributed by atoms with Crippen molar-refractivity contribution in [2.45, 2.75) is 43.9 Å². The van der Waals surface area contributed by atoms with Crippen LogP contribution in [-0.2, 0) is 0 Å². The molecule has 1 aliphatic carbocycles. The van der Waals surface area contributed by atoms with Crippen LogP contribution in [0.5, 0.6) is 5.75 Å². The van der Waals surface area contributed by atoms with Crippen LogP contribution in [0.15, 0.2) is 42.6 Å². The predicted molar refractivity (Wildman–Crippen MR) is 104 cm³/mol. The maximum atomic E-state index is 6.41. The number of hydrogen-bond acceptors (Lipinski definition) is 5. The third kappa shape index (κ3) is 2.89. The molecule has 0 radical (unpaired) electrons. The van der Waals surface area contributed by atoms with E-state index in [-0.39, 0.29) is 12.1 Å². The van der Waals surface area contributed by atoms with Crippen molar-refractivity contribution in [3.05, 3.63) is 59.5 Å². The maximum absolute atomic E-state index is 6.41. The minimum Gasteiger partial charge on any atom is -0.484 e. The van der Waals surface area contributed by atoms with Gasteiger partial charge in [0.05, 0.1) is 12.2 Å². The van der Waals surface area contributed by atoms with Crippen molar-refractivity contribution in [1.29, 1.82) is 0 Å². The zero-order valence-electron chi connectivity index (χ0n) is 15.6. The van der Waals surface area contributed by atoms with Crippen LogP contribution >= 0.6 is 0 Å². The molecule has 0 amide bonds. The second-order valence-electron chi connectivity index (χ2n) is 7.71. The van der Waals surface area contributed by atoms with Crippen molar-refractivity contribution in [2.24, 2.45) is 5.73 Å². The van der Waals surface area contributed by atoms with E-state index in [1.54, 1.807) is 0 Å². The fourth-order valence-corrected chi connectivity index (χ4v) is 4.49. The number of hydrogen-bond donors (Lipinski definition) is 1. The van der Waals surface area contributed by atoms with Crippen LogP contribution < -0.4 is 10.5 Å². The Labute approximate surface area is 159 Å². The average molecular weight is 363 g/mol. The van der Waals surface area contributed by atoms with E-state index in [1.807, 2.05) is 18.3 Å². The Kier molecular flexibility index (Phi) is 4.10. The number of pyridine rings is 1. The lowest BCUT2D eigenvalue weighted by atomic mass is 9.86. The van der Waals surface area contributed by atoms with Gasteiger partial charge in [-0.15, -0.1) is 10.2 Å². The van der Waals surface area contributed by atoms with E-state index in [0.717, 1.165) is 43.0 Å². The molecule has 6 heteroatoms. The van der Waals surface area contributed by atoms with E-state index in [1.165, 1.54) is 17.5 Å². The molecule has 5 rings (SSSR count). The van der Waals surface area contributed by atoms with Crippen LogP contribution in [0.2, 0.25) is 0 Å². The molecular weight excluding hydrogens is 338 g/mol. The van der Waals surface area contributed by atoms with Gasteiger partial charge in [0.1, 0.15) is 11.9 Å². The fourth-order valence-electron chi connectivity index (χ4n) is 4.49. The summed E-state index contributed by atoms with van der Waals surface area (Å²) in [7, 11) is 2.15. The largest absolute Gasteiger partial charge is 0.484 e. The van der Waals surface area contributed by atoms with Crippen LogP contribution in [-0.4, -0.2) is 33.1 Å². The molecule has 0 spiro atoms. The summed E-state index contributed by atoms with van der Waals surface area (Å²) in [5.74, 6) is 1.85. The Morgan fingerprint density at radius 1 is 1.04 bits per heavy atom. The molecule has 1 fully saturated rings. The molecule has 6 nitrogen and oxygen atoms in total. The molecule has 1 aliphatic heterocycles. The first-order valence-corrected chi connectivity index (χ1v) is 9.76. The first-order chi connectivity index (χ1) is 13.2. The Bertz CT molecular complexity index is 968. The van der Waals surface area contributed by atoms with Crippen molar-refractivity contribution in [3.63, 3.8) is 0 Å². The summed E-state index contributed by atoms with van der Waals surface area (Å²) in [6, 6.07) is 12.8. The third-order valence-electron chi connectivity index (χ3n) is 5.98. The maximum Gasteiger partial charge on any atom is 0.161 e. The zero-order valence-corrected chi connectivity index (χ0v) is 15.6. The topological polar surface area (TPSA) is 68.7 Å². The molecule has 3 atom stereocenters. The van der Waals surface area contributed by atoms with E-state index in [9.17, 15) is 0 Å². The number of fused-ring (bicyclic) bond motifs is 2. The van der Waals surface area contributed by atoms with Crippen LogP contribution in [0, 0.1) is 0 Å². The van der Waals surface area contributed by atoms with Gasteiger partial charge >= 0.3 is 0 Å². The van der Waals surface area contributed by atoms with Gasteiger partial charge < -0.3 is 10.5 Å². The van der Waals surface area contributed by atoms with Crippen LogP contribution in [0.4, 0.5) is 0 Å². The lowest BCUT2D eigenvalue weighted by molar-refractivity contribution is 0.176. The number of rotatable bonds is 3. The van der Waals surface area contributed by atoms with Crippen LogP contribution in [0.1, 0.15) is 60.8 Å². The van der Waals surface area contributed by atoms with Gasteiger partial charge in [-0.25, -0.2) is 0 Å². The normalized spacial score (nSPS) is 25.6. The SMILES string of the molecule is CN1CCCC1c1nnc2ccc(O[C@@H]3CC[C@H](N)c4ccccc43)cn12. The minimum absolute atomic E-state index is 0.0348. The molecule has 27 heavy (non-hydrogen) atoms. The van der Waals surface area contributed by atoms with E-state index in [2.05, 4.69) is 50.8 Å². The van der Waals surface area contributed by atoms with Gasteiger partial charge in [-0.1, -0.05) is 24.3 Å². The minimum atomic E-state index is 0.0348. The van der Waals surface area contributed by atoms with E-state index >= 15 is 0 Å². The second-order valence-corrected chi connectivity index (χ2v) is 7.71. The zero-order chi connectivity index (χ0) is 18.4. The highest BCUT2D eigenvalue weighted by Gasteiger charge is 2.28. The van der Waals surface area contributed by atoms with Gasteiger partial charge in [-0.2, -0.15) is 0 Å². The summed E-state index contributed by atoms with van der Waals surface area (Å²) in [5, 5.41) is 8.81. The summed E-state index contributed by atoms with van der Waals surface area (Å²) in [6.45, 7) is 1.11. The summed E-state index contributed by atoms with van der Waals surface area (Å²) in [4.78, 5) is 2.35. The molecule has 0 saturated carbocycles. The number of benzene rings is 1. The Morgan fingerprint density at radius 3 is 2.70 bits per heavy atom. The highest BCUT2D eigenvalue weighted by atomic mass is 16.5. The molecule has 0 bridgehead atoms. The van der Waals surface area contributed by atoms with Gasteiger partial charge in [0.15, 0.2) is 11.5 Å². The number of nitrogens with two attached hydrogens (primary N) is 1. The number of likely N-dealkylation sites (tertiary alicyclic amines) is 1. The van der Waals surface area contributed by atoms with Crippen molar-refractivity contribution >= 4 is 5.65 Å². The number of nitrogens with zero attached hydrogens (tertiary/aromatic N) is 4. The van der Waals surface area contributed by atoms with Gasteiger partial charge in [-0.3, -0.25) is 9.30 Å². The molecule has 2 N–H and O–H groups in total. The van der Waals surface area contributed by atoms with Crippen LogP contribution in [0.25, 0.3) is 5.65 Å². The predicted octanol–water partition coefficient (Wildman–Crippen LogP) is 3.41. The molecule has 3 heterocycles. The molecule has 2 aliphatic rings. The molecular formula is C21H25N5O. The van der Waals surface area contributed by atoms with Crippen molar-refractivity contribution in [3.8, 4) is 5.75 Å². The molecule has 1 unspecified atom stereocenters. The first-order valence-electron chi connectivity index (χ1n) is 9.76. The van der Waals surface area contributed by atoms with E-state index < -0.39 is 0 Å². The summed E-state index contributed by atoms with van der Waals surface area (Å²) in [6.07, 6.45) is 6.26. The lowest BCUT2D eigenvalue weighted by Crippen LogP contribution is -2.23. The standard InChI is InChI=1S/C21H25N5O/c1-25-12-4-7-18(25)21-24-23-20-11-8-14(13-26(20)21)27-19-10-9-17(22)15-5-2-3-6-16(15)19/h2-3,5-6,8,11,13,17-19H,4,7,9-10,12,22H2,1H3/t17-,18?,19+/m0/s1. The summed E-state index contributed by atoms with van der Waals surface area (Å²) >= 11 is 0. The van der Waals surface area contributed by atoms with Crippen molar-refractivity contribution < 1.29 is 4.74 Å². The quantitative estimate of drug-likeness (QED) is 0.772. The second kappa shape index (κ2) is 6.62. The van der Waals surface area contributed by atoms with Crippen molar-refractivity contribution in [1.82, 2.24) is 19.5 Å². The van der Waals surface area contributed by atoms with Gasteiger partial charge in [0.2, 0.25) is 0 Å². The highest BCUT2D eigenvalue weighted by molar-refractivity contribution is 5.42. The third-order valence-corrected chi connectivity index (χ3v) is 5.98. The van der Waals surface area contributed by atoms with Crippen LogP contribution in [0.3, 0.4) is 0 Å². The summed E-state index contributed by atoms with van der Waals surface area (Å²) < 4.78 is 8.49. The lowest BCUT2D eigenvalue weighted by Gasteiger charge is -2.30. The average Bonchev–Trinajstić information content (AvgIpc) is 3.29. The highest BCUT2D eigenvalue weighted by Crippen LogP contribution is 2.38. The Morgan fingerprint density at radius 2 is 1.89 bits per heavy atom. The smallest absolute Gasteiger partial charge is 0.161 e. The van der Waals surface area contributed by atoms with E-state index in [4.69, 9.17) is 10.5 Å². The Hall–Kier alpha value is -2.44. The molecule has 3 aromatic rings. The van der Waals surface area contributed by atoms with Gasteiger partial charge in [-0.05, 0) is 62.5 Å². The van der Waals surface area contributed by atoms with Gasteiger partial charge in [0, 0.05) is 6.04 Å². The first kappa shape index (κ1) is 16.7. The Balaban J connectivity index is 1.47. The monoisotopic (exact) mass is 363 g/mol. The molecule has 2 aromatic heterocycles. The molecule has 140 valence electrons. The number of ether oxygens (including phenoxy) is 1. The van der Waals surface area contributed by atoms with E-state index in [0.29, 0.717) is 6.04 Å². The fraction of sp³-hybridized carbons (Fsp3) is 0.429. The molecule has 1 aromatic carbocycles. The summed E-state index contributed by atoms with van der Waals surface area (Å²) in [5.41, 5.74) is 9.55.